The van der Waals surface area contributed by atoms with Gasteiger partial charge in [0.15, 0.2) is 0 Å². The van der Waals surface area contributed by atoms with Crippen molar-refractivity contribution in [3.8, 4) is 0 Å². The van der Waals surface area contributed by atoms with Gasteiger partial charge < -0.3 is 4.74 Å². The van der Waals surface area contributed by atoms with E-state index in [4.69, 9.17) is 9.57 Å². The molecule has 0 aromatic rings. The first kappa shape index (κ1) is 7.06. The van der Waals surface area contributed by atoms with Crippen LogP contribution in [0.3, 0.4) is 0 Å². The van der Waals surface area contributed by atoms with Crippen LogP contribution in [0.25, 0.3) is 0 Å². The average molecular weight is 157 g/mol. The lowest BCUT2D eigenvalue weighted by Crippen LogP contribution is -2.35. The van der Waals surface area contributed by atoms with Crippen molar-refractivity contribution in [2.24, 2.45) is 0 Å². The Morgan fingerprint density at radius 3 is 2.91 bits per heavy atom. The highest BCUT2D eigenvalue weighted by Crippen LogP contribution is 2.17. The summed E-state index contributed by atoms with van der Waals surface area (Å²) in [7, 11) is 0. The third-order valence-electron chi connectivity index (χ3n) is 2.03. The van der Waals surface area contributed by atoms with E-state index in [1.165, 1.54) is 5.06 Å². The van der Waals surface area contributed by atoms with Crippen molar-refractivity contribution in [1.29, 1.82) is 0 Å². The van der Waals surface area contributed by atoms with Gasteiger partial charge in [-0.25, -0.2) is 5.06 Å². The molecule has 1 atom stereocenters. The molecule has 2 aliphatic rings. The topological polar surface area (TPSA) is 38.8 Å². The Kier molecular flexibility index (Phi) is 1.79. The summed E-state index contributed by atoms with van der Waals surface area (Å²) in [6.07, 6.45) is 1.43. The minimum Gasteiger partial charge on any atom is -0.379 e. The fourth-order valence-corrected chi connectivity index (χ4v) is 1.43. The molecule has 4 heteroatoms. The molecule has 1 unspecified atom stereocenters. The number of hydrogen-bond acceptors (Lipinski definition) is 3. The first-order chi connectivity index (χ1) is 5.38. The second-order valence-electron chi connectivity index (χ2n) is 2.82. The third kappa shape index (κ3) is 1.23. The van der Waals surface area contributed by atoms with Gasteiger partial charge in [0.2, 0.25) is 5.91 Å². The summed E-state index contributed by atoms with van der Waals surface area (Å²) in [5.41, 5.74) is 0. The number of carbonyl (C=O) groups excluding carboxylic acids is 1. The second kappa shape index (κ2) is 2.79. The van der Waals surface area contributed by atoms with E-state index < -0.39 is 0 Å². The van der Waals surface area contributed by atoms with Crippen LogP contribution in [0.1, 0.15) is 12.8 Å². The van der Waals surface area contributed by atoms with Crippen molar-refractivity contribution in [1.82, 2.24) is 5.06 Å². The minimum absolute atomic E-state index is 0.0977. The van der Waals surface area contributed by atoms with E-state index in [-0.39, 0.29) is 11.9 Å². The largest absolute Gasteiger partial charge is 0.379 e. The summed E-state index contributed by atoms with van der Waals surface area (Å²) >= 11 is 0. The van der Waals surface area contributed by atoms with E-state index in [9.17, 15) is 4.79 Å². The zero-order valence-electron chi connectivity index (χ0n) is 6.28. The molecule has 2 saturated heterocycles. The maximum absolute atomic E-state index is 11.1. The Labute approximate surface area is 65.0 Å². The Bertz CT molecular complexity index is 165. The summed E-state index contributed by atoms with van der Waals surface area (Å²) in [6.45, 7) is 1.92. The number of hydroxylamine groups is 2. The normalized spacial score (nSPS) is 31.8. The molecule has 0 aromatic carbocycles. The standard InChI is InChI=1S/C7H11NO3/c9-7-2-4-11-8(7)6-1-3-10-5-6/h6H,1-5H2. The number of nitrogens with zero attached hydrogens (tertiary/aromatic N) is 1. The van der Waals surface area contributed by atoms with Crippen molar-refractivity contribution >= 4 is 5.91 Å². The van der Waals surface area contributed by atoms with Crippen molar-refractivity contribution < 1.29 is 14.4 Å². The molecule has 1 amide bonds. The van der Waals surface area contributed by atoms with Gasteiger partial charge >= 0.3 is 0 Å². The lowest BCUT2D eigenvalue weighted by Gasteiger charge is -2.19. The quantitative estimate of drug-likeness (QED) is 0.535. The summed E-state index contributed by atoms with van der Waals surface area (Å²) in [5, 5.41) is 1.48. The fourth-order valence-electron chi connectivity index (χ4n) is 1.43. The van der Waals surface area contributed by atoms with E-state index in [1.807, 2.05) is 0 Å². The molecule has 0 spiro atoms. The van der Waals surface area contributed by atoms with Crippen LogP contribution >= 0.6 is 0 Å². The Hall–Kier alpha value is -0.610. The molecular weight excluding hydrogens is 146 g/mol. The van der Waals surface area contributed by atoms with Gasteiger partial charge in [-0.1, -0.05) is 0 Å². The van der Waals surface area contributed by atoms with Gasteiger partial charge in [-0.05, 0) is 6.42 Å². The molecule has 2 heterocycles. The SMILES string of the molecule is O=C1CCON1C1CCOC1. The number of ether oxygens (including phenoxy) is 1. The summed E-state index contributed by atoms with van der Waals surface area (Å²) < 4.78 is 5.14. The van der Waals surface area contributed by atoms with Crippen molar-refractivity contribution in [2.75, 3.05) is 19.8 Å². The van der Waals surface area contributed by atoms with Crippen LogP contribution in [0.15, 0.2) is 0 Å². The number of amides is 1. The first-order valence-electron chi connectivity index (χ1n) is 3.90. The minimum atomic E-state index is 0.0977. The molecular formula is C7H11NO3. The zero-order valence-corrected chi connectivity index (χ0v) is 6.28. The highest BCUT2D eigenvalue weighted by molar-refractivity contribution is 5.76. The molecule has 0 radical (unpaired) electrons. The first-order valence-corrected chi connectivity index (χ1v) is 3.90. The van der Waals surface area contributed by atoms with E-state index in [1.54, 1.807) is 0 Å². The fraction of sp³-hybridized carbons (Fsp3) is 0.857. The zero-order chi connectivity index (χ0) is 7.68. The molecule has 62 valence electrons. The molecule has 11 heavy (non-hydrogen) atoms. The van der Waals surface area contributed by atoms with E-state index in [2.05, 4.69) is 0 Å². The molecule has 0 N–H and O–H groups in total. The highest BCUT2D eigenvalue weighted by Gasteiger charge is 2.31. The average Bonchev–Trinajstić information content (AvgIpc) is 2.55. The van der Waals surface area contributed by atoms with Crippen LogP contribution in [-0.2, 0) is 14.4 Å². The highest BCUT2D eigenvalue weighted by atomic mass is 16.7. The Balaban J connectivity index is 1.97. The van der Waals surface area contributed by atoms with Gasteiger partial charge in [-0.2, -0.15) is 0 Å². The van der Waals surface area contributed by atoms with Gasteiger partial charge in [0.25, 0.3) is 0 Å². The maximum atomic E-state index is 11.1. The van der Waals surface area contributed by atoms with E-state index in [0.29, 0.717) is 19.6 Å². The molecule has 0 aliphatic carbocycles. The van der Waals surface area contributed by atoms with Crippen LogP contribution in [0, 0.1) is 0 Å². The lowest BCUT2D eigenvalue weighted by atomic mass is 10.2. The predicted octanol–water partition coefficient (Wildman–Crippen LogP) is -0.0608. The van der Waals surface area contributed by atoms with Crippen LogP contribution in [0.4, 0.5) is 0 Å². The molecule has 2 fully saturated rings. The van der Waals surface area contributed by atoms with Crippen LogP contribution < -0.4 is 0 Å². The van der Waals surface area contributed by atoms with Crippen molar-refractivity contribution in [2.45, 2.75) is 18.9 Å². The summed E-state index contributed by atoms with van der Waals surface area (Å²) in [5.74, 6) is 0.0977. The predicted molar refractivity (Wildman–Crippen MR) is 36.6 cm³/mol. The number of rotatable bonds is 1. The van der Waals surface area contributed by atoms with Gasteiger partial charge in [0.05, 0.1) is 25.7 Å². The molecule has 0 saturated carbocycles. The van der Waals surface area contributed by atoms with Crippen molar-refractivity contribution in [3.63, 3.8) is 0 Å². The third-order valence-corrected chi connectivity index (χ3v) is 2.03. The molecule has 4 nitrogen and oxygen atoms in total. The van der Waals surface area contributed by atoms with Gasteiger partial charge in [-0.15, -0.1) is 0 Å². The van der Waals surface area contributed by atoms with Crippen molar-refractivity contribution in [3.05, 3.63) is 0 Å². The monoisotopic (exact) mass is 157 g/mol. The number of carbonyl (C=O) groups is 1. The van der Waals surface area contributed by atoms with Gasteiger partial charge in [-0.3, -0.25) is 9.63 Å². The second-order valence-corrected chi connectivity index (χ2v) is 2.82. The van der Waals surface area contributed by atoms with Crippen LogP contribution in [-0.4, -0.2) is 36.8 Å². The smallest absolute Gasteiger partial charge is 0.248 e. The van der Waals surface area contributed by atoms with E-state index >= 15 is 0 Å². The Morgan fingerprint density at radius 1 is 1.45 bits per heavy atom. The Morgan fingerprint density at radius 2 is 2.36 bits per heavy atom. The molecule has 0 bridgehead atoms. The summed E-state index contributed by atoms with van der Waals surface area (Å²) in [6, 6.07) is 0.171. The maximum Gasteiger partial charge on any atom is 0.248 e. The molecule has 0 aromatic heterocycles. The summed E-state index contributed by atoms with van der Waals surface area (Å²) in [4.78, 5) is 16.3. The van der Waals surface area contributed by atoms with E-state index in [0.717, 1.165) is 13.0 Å². The number of hydrogen-bond donors (Lipinski definition) is 0. The van der Waals surface area contributed by atoms with Crippen LogP contribution in [0.2, 0.25) is 0 Å². The molecule has 2 rings (SSSR count). The molecule has 2 aliphatic heterocycles. The van der Waals surface area contributed by atoms with Gasteiger partial charge in [0.1, 0.15) is 0 Å². The van der Waals surface area contributed by atoms with Crippen LogP contribution in [0.5, 0.6) is 0 Å². The lowest BCUT2D eigenvalue weighted by molar-refractivity contribution is -0.173. The van der Waals surface area contributed by atoms with Gasteiger partial charge in [0, 0.05) is 6.61 Å².